The third kappa shape index (κ3) is 3.67. The van der Waals surface area contributed by atoms with Gasteiger partial charge in [0, 0.05) is 18.3 Å². The van der Waals surface area contributed by atoms with Crippen molar-refractivity contribution in [1.82, 2.24) is 4.98 Å². The lowest BCUT2D eigenvalue weighted by atomic mass is 9.97. The summed E-state index contributed by atoms with van der Waals surface area (Å²) in [4.78, 5) is 14.6. The van der Waals surface area contributed by atoms with Crippen LogP contribution in [0.4, 0.5) is 11.5 Å². The molecular weight excluding hydrogens is 256 g/mol. The summed E-state index contributed by atoms with van der Waals surface area (Å²) in [6.07, 6.45) is 9.41. The number of nitro groups is 1. The zero-order valence-corrected chi connectivity index (χ0v) is 11.3. The predicted octanol–water partition coefficient (Wildman–Crippen LogP) is 3.39. The predicted molar refractivity (Wildman–Crippen MR) is 75.3 cm³/mol. The number of pyridine rings is 1. The quantitative estimate of drug-likeness (QED) is 0.673. The highest BCUT2D eigenvalue weighted by molar-refractivity contribution is 5.58. The van der Waals surface area contributed by atoms with E-state index in [9.17, 15) is 10.1 Å². The van der Waals surface area contributed by atoms with Crippen LogP contribution in [0.3, 0.4) is 0 Å². The molecule has 1 aromatic heterocycles. The number of nitriles is 1. The second-order valence-corrected chi connectivity index (χ2v) is 5.15. The van der Waals surface area contributed by atoms with Gasteiger partial charge in [-0.3, -0.25) is 10.1 Å². The lowest BCUT2D eigenvalue weighted by Gasteiger charge is -2.21. The first-order valence-electron chi connectivity index (χ1n) is 7.02. The smallest absolute Gasteiger partial charge is 0.312 e. The van der Waals surface area contributed by atoms with Gasteiger partial charge in [-0.05, 0) is 12.8 Å². The first-order valence-corrected chi connectivity index (χ1v) is 7.02. The molecule has 1 saturated carbocycles. The van der Waals surface area contributed by atoms with Crippen LogP contribution in [-0.2, 0) is 0 Å². The summed E-state index contributed by atoms with van der Waals surface area (Å²) < 4.78 is 0. The van der Waals surface area contributed by atoms with Crippen molar-refractivity contribution in [3.8, 4) is 6.07 Å². The largest absolute Gasteiger partial charge is 0.362 e. The maximum Gasteiger partial charge on any atom is 0.312 e. The van der Waals surface area contributed by atoms with Gasteiger partial charge in [0.1, 0.15) is 6.07 Å². The van der Waals surface area contributed by atoms with Crippen LogP contribution in [0.2, 0.25) is 0 Å². The Hall–Kier alpha value is -2.16. The summed E-state index contributed by atoms with van der Waals surface area (Å²) in [6, 6.07) is 3.38. The normalized spacial score (nSPS) is 16.8. The molecule has 0 radical (unpaired) electrons. The molecule has 1 aliphatic carbocycles. The lowest BCUT2D eigenvalue weighted by Crippen LogP contribution is -2.22. The van der Waals surface area contributed by atoms with E-state index in [1.54, 1.807) is 0 Å². The first kappa shape index (κ1) is 14.3. The van der Waals surface area contributed by atoms with E-state index in [1.165, 1.54) is 31.5 Å². The Balaban J connectivity index is 2.15. The van der Waals surface area contributed by atoms with E-state index in [4.69, 9.17) is 5.26 Å². The molecule has 0 spiro atoms. The van der Waals surface area contributed by atoms with Crippen LogP contribution in [0.5, 0.6) is 0 Å². The minimum Gasteiger partial charge on any atom is -0.362 e. The second kappa shape index (κ2) is 6.85. The van der Waals surface area contributed by atoms with Gasteiger partial charge in [0.05, 0.1) is 10.5 Å². The van der Waals surface area contributed by atoms with Gasteiger partial charge in [-0.25, -0.2) is 4.98 Å². The van der Waals surface area contributed by atoms with Crippen molar-refractivity contribution in [2.45, 2.75) is 51.0 Å². The van der Waals surface area contributed by atoms with Crippen molar-refractivity contribution >= 4 is 11.5 Å². The Morgan fingerprint density at radius 1 is 1.30 bits per heavy atom. The highest BCUT2D eigenvalue weighted by atomic mass is 16.6. The van der Waals surface area contributed by atoms with Gasteiger partial charge in [0.25, 0.3) is 0 Å². The Kier molecular flexibility index (Phi) is 4.88. The van der Waals surface area contributed by atoms with E-state index < -0.39 is 4.92 Å². The van der Waals surface area contributed by atoms with E-state index in [0.717, 1.165) is 25.7 Å². The number of nitrogens with one attached hydrogen (secondary N) is 1. The Bertz CT molecular complexity index is 516. The van der Waals surface area contributed by atoms with Crippen molar-refractivity contribution < 1.29 is 4.92 Å². The summed E-state index contributed by atoms with van der Waals surface area (Å²) in [5, 5.41) is 23.0. The number of aromatic nitrogens is 1. The molecule has 0 aliphatic heterocycles. The average molecular weight is 274 g/mol. The van der Waals surface area contributed by atoms with E-state index >= 15 is 0 Å². The summed E-state index contributed by atoms with van der Waals surface area (Å²) >= 11 is 0. The van der Waals surface area contributed by atoms with Gasteiger partial charge in [-0.15, -0.1) is 0 Å². The highest BCUT2D eigenvalue weighted by Gasteiger charge is 2.20. The van der Waals surface area contributed by atoms with Crippen molar-refractivity contribution in [3.63, 3.8) is 0 Å². The molecular formula is C14H18N4O2. The SMILES string of the molecule is N#Cc1cnc(NC2CCCCCCC2)c([N+](=O)[O-])c1. The second-order valence-electron chi connectivity index (χ2n) is 5.15. The van der Waals surface area contributed by atoms with Crippen LogP contribution >= 0.6 is 0 Å². The van der Waals surface area contributed by atoms with Gasteiger partial charge in [0.2, 0.25) is 5.82 Å². The fraction of sp³-hybridized carbons (Fsp3) is 0.571. The topological polar surface area (TPSA) is 91.8 Å². The molecule has 0 aromatic carbocycles. The third-order valence-corrected chi connectivity index (χ3v) is 3.64. The maximum atomic E-state index is 11.1. The maximum absolute atomic E-state index is 11.1. The van der Waals surface area contributed by atoms with Crippen LogP contribution in [-0.4, -0.2) is 15.9 Å². The number of hydrogen-bond acceptors (Lipinski definition) is 5. The molecule has 1 heterocycles. The van der Waals surface area contributed by atoms with E-state index in [1.807, 2.05) is 6.07 Å². The molecule has 0 bridgehead atoms. The molecule has 1 aliphatic rings. The minimum absolute atomic E-state index is 0.119. The first-order chi connectivity index (χ1) is 9.70. The van der Waals surface area contributed by atoms with E-state index in [0.29, 0.717) is 0 Å². The summed E-state index contributed by atoms with van der Waals surface area (Å²) in [5.74, 6) is 0.277. The molecule has 1 N–H and O–H groups in total. The number of rotatable bonds is 3. The van der Waals surface area contributed by atoms with Gasteiger partial charge in [-0.1, -0.05) is 32.1 Å². The Morgan fingerprint density at radius 2 is 1.95 bits per heavy atom. The van der Waals surface area contributed by atoms with Gasteiger partial charge in [-0.2, -0.15) is 5.26 Å². The summed E-state index contributed by atoms with van der Waals surface area (Å²) in [5.41, 5.74) is 0.0889. The van der Waals surface area contributed by atoms with Gasteiger partial charge < -0.3 is 5.32 Å². The summed E-state index contributed by atoms with van der Waals surface area (Å²) in [7, 11) is 0. The third-order valence-electron chi connectivity index (χ3n) is 3.64. The van der Waals surface area contributed by atoms with Crippen molar-refractivity contribution in [1.29, 1.82) is 5.26 Å². The van der Waals surface area contributed by atoms with Crippen molar-refractivity contribution in [3.05, 3.63) is 27.9 Å². The standard InChI is InChI=1S/C14H18N4O2/c15-9-11-8-13(18(19)20)14(16-10-11)17-12-6-4-2-1-3-5-7-12/h8,10,12H,1-7H2,(H,16,17). The number of hydrogen-bond donors (Lipinski definition) is 1. The Labute approximate surface area is 118 Å². The molecule has 1 aromatic rings. The zero-order valence-electron chi connectivity index (χ0n) is 11.3. The van der Waals surface area contributed by atoms with Crippen LogP contribution in [0.25, 0.3) is 0 Å². The molecule has 0 saturated heterocycles. The molecule has 6 nitrogen and oxygen atoms in total. The molecule has 2 rings (SSSR count). The molecule has 1 fully saturated rings. The van der Waals surface area contributed by atoms with Crippen molar-refractivity contribution in [2.75, 3.05) is 5.32 Å². The van der Waals surface area contributed by atoms with Crippen molar-refractivity contribution in [2.24, 2.45) is 0 Å². The van der Waals surface area contributed by atoms with Crippen LogP contribution in [0, 0.1) is 21.4 Å². The fourth-order valence-electron chi connectivity index (χ4n) is 2.56. The van der Waals surface area contributed by atoms with Gasteiger partial charge >= 0.3 is 5.69 Å². The molecule has 0 atom stereocenters. The highest BCUT2D eigenvalue weighted by Crippen LogP contribution is 2.26. The minimum atomic E-state index is -0.487. The summed E-state index contributed by atoms with van der Waals surface area (Å²) in [6.45, 7) is 0. The van der Waals surface area contributed by atoms with Crippen LogP contribution in [0.1, 0.15) is 50.5 Å². The van der Waals surface area contributed by atoms with Crippen LogP contribution in [0.15, 0.2) is 12.3 Å². The van der Waals surface area contributed by atoms with E-state index in [-0.39, 0.29) is 23.1 Å². The molecule has 6 heteroatoms. The average Bonchev–Trinajstić information content (AvgIpc) is 2.41. The fourth-order valence-corrected chi connectivity index (χ4v) is 2.56. The monoisotopic (exact) mass is 274 g/mol. The van der Waals surface area contributed by atoms with Crippen LogP contribution < -0.4 is 5.32 Å². The lowest BCUT2D eigenvalue weighted by molar-refractivity contribution is -0.384. The molecule has 0 unspecified atom stereocenters. The number of nitrogens with zero attached hydrogens (tertiary/aromatic N) is 3. The van der Waals surface area contributed by atoms with E-state index in [2.05, 4.69) is 10.3 Å². The molecule has 106 valence electrons. The molecule has 20 heavy (non-hydrogen) atoms. The Morgan fingerprint density at radius 3 is 2.55 bits per heavy atom. The molecule has 0 amide bonds. The number of anilines is 1. The van der Waals surface area contributed by atoms with Gasteiger partial charge in [0.15, 0.2) is 0 Å². The zero-order chi connectivity index (χ0) is 14.4.